The summed E-state index contributed by atoms with van der Waals surface area (Å²) in [6.45, 7) is 0.128. The third kappa shape index (κ3) is 3.06. The van der Waals surface area contributed by atoms with Crippen LogP contribution in [0.15, 0.2) is 48.9 Å². The highest BCUT2D eigenvalue weighted by atomic mass is 19.1. The summed E-state index contributed by atoms with van der Waals surface area (Å²) in [7, 11) is 0. The quantitative estimate of drug-likeness (QED) is 0.626. The predicted octanol–water partition coefficient (Wildman–Crippen LogP) is 3.79. The lowest BCUT2D eigenvalue weighted by Crippen LogP contribution is -2.03. The lowest BCUT2D eigenvalue weighted by Gasteiger charge is -2.09. The van der Waals surface area contributed by atoms with Gasteiger partial charge in [0.05, 0.1) is 23.8 Å². The fourth-order valence-electron chi connectivity index (χ4n) is 2.82. The third-order valence-electron chi connectivity index (χ3n) is 4.11. The van der Waals surface area contributed by atoms with Gasteiger partial charge in [-0.2, -0.15) is 0 Å². The number of carbonyl (C=O) groups excluding carboxylic acids is 1. The van der Waals surface area contributed by atoms with Crippen molar-refractivity contribution in [1.82, 2.24) is 9.97 Å². The molecule has 0 spiro atoms. The Bertz CT molecular complexity index is 1010. The van der Waals surface area contributed by atoms with Crippen molar-refractivity contribution in [3.8, 4) is 0 Å². The van der Waals surface area contributed by atoms with Crippen molar-refractivity contribution in [3.63, 3.8) is 0 Å². The Morgan fingerprint density at radius 2 is 2.04 bits per heavy atom. The second-order valence-corrected chi connectivity index (χ2v) is 5.87. The summed E-state index contributed by atoms with van der Waals surface area (Å²) < 4.78 is 27.0. The van der Waals surface area contributed by atoms with Crippen LogP contribution >= 0.6 is 0 Å². The summed E-state index contributed by atoms with van der Waals surface area (Å²) >= 11 is 0. The predicted molar refractivity (Wildman–Crippen MR) is 95.2 cm³/mol. The monoisotopic (exact) mass is 352 g/mol. The minimum atomic E-state index is -0.489. The number of imidazole rings is 1. The molecule has 0 saturated carbocycles. The topological polar surface area (TPSA) is 69.8 Å². The summed E-state index contributed by atoms with van der Waals surface area (Å²) in [5, 5.41) is 5.86. The summed E-state index contributed by atoms with van der Waals surface area (Å²) in [4.78, 5) is 19.1. The zero-order valence-electron chi connectivity index (χ0n) is 13.5. The van der Waals surface area contributed by atoms with Gasteiger partial charge >= 0.3 is 0 Å². The highest BCUT2D eigenvalue weighted by Gasteiger charge is 2.24. The fraction of sp³-hybridized carbons (Fsp3) is 0.0526. The fourth-order valence-corrected chi connectivity index (χ4v) is 2.82. The minimum Gasteiger partial charge on any atom is -0.381 e. The number of halogens is 2. The molecule has 3 N–H and O–H groups in total. The van der Waals surface area contributed by atoms with Gasteiger partial charge in [0.1, 0.15) is 11.6 Å². The van der Waals surface area contributed by atoms with Gasteiger partial charge in [-0.05, 0) is 42.5 Å². The van der Waals surface area contributed by atoms with E-state index in [0.29, 0.717) is 22.6 Å². The van der Waals surface area contributed by atoms with Crippen molar-refractivity contribution in [2.75, 3.05) is 10.6 Å². The van der Waals surface area contributed by atoms with Gasteiger partial charge in [-0.3, -0.25) is 4.79 Å². The molecule has 1 aromatic heterocycles. The van der Waals surface area contributed by atoms with Crippen LogP contribution in [0.2, 0.25) is 0 Å². The number of amides is 1. The van der Waals surface area contributed by atoms with Crippen LogP contribution in [0.1, 0.15) is 16.8 Å². The first-order chi connectivity index (χ1) is 12.6. The first kappa shape index (κ1) is 16.0. The maximum Gasteiger partial charge on any atom is 0.256 e. The molecule has 3 aromatic rings. The van der Waals surface area contributed by atoms with Gasteiger partial charge in [0.2, 0.25) is 0 Å². The molecule has 130 valence electrons. The van der Waals surface area contributed by atoms with Crippen molar-refractivity contribution in [2.24, 2.45) is 0 Å². The van der Waals surface area contributed by atoms with E-state index in [9.17, 15) is 13.6 Å². The highest BCUT2D eigenvalue weighted by Crippen LogP contribution is 2.35. The van der Waals surface area contributed by atoms with E-state index in [4.69, 9.17) is 0 Å². The normalized spacial score (nSPS) is 14.4. The Hall–Kier alpha value is -3.48. The van der Waals surface area contributed by atoms with Gasteiger partial charge in [0.25, 0.3) is 5.91 Å². The summed E-state index contributed by atoms with van der Waals surface area (Å²) in [5.41, 5.74) is 3.57. The molecule has 1 amide bonds. The molecule has 0 atom stereocenters. The maximum atomic E-state index is 13.7. The number of fused-ring (bicyclic) bond motifs is 1. The number of carbonyl (C=O) groups is 1. The molecule has 0 radical (unpaired) electrons. The van der Waals surface area contributed by atoms with Crippen molar-refractivity contribution in [2.45, 2.75) is 6.54 Å². The molecule has 2 heterocycles. The molecule has 7 heteroatoms. The number of hydrogen-bond donors (Lipinski definition) is 3. The Kier molecular flexibility index (Phi) is 3.96. The summed E-state index contributed by atoms with van der Waals surface area (Å²) in [5.74, 6) is -1.17. The van der Waals surface area contributed by atoms with Crippen LogP contribution in [-0.4, -0.2) is 15.9 Å². The summed E-state index contributed by atoms with van der Waals surface area (Å²) in [6.07, 6.45) is 4.86. The number of H-pyrrole nitrogens is 1. The molecule has 0 fully saturated rings. The number of aromatic nitrogens is 2. The lowest BCUT2D eigenvalue weighted by atomic mass is 10.1. The van der Waals surface area contributed by atoms with Crippen LogP contribution in [0.4, 0.5) is 20.2 Å². The minimum absolute atomic E-state index is 0.128. The second kappa shape index (κ2) is 6.44. The van der Waals surface area contributed by atoms with Gasteiger partial charge < -0.3 is 15.6 Å². The molecule has 1 aliphatic heterocycles. The largest absolute Gasteiger partial charge is 0.381 e. The van der Waals surface area contributed by atoms with E-state index in [1.165, 1.54) is 6.33 Å². The van der Waals surface area contributed by atoms with Crippen LogP contribution in [-0.2, 0) is 11.3 Å². The smallest absolute Gasteiger partial charge is 0.256 e. The summed E-state index contributed by atoms with van der Waals surface area (Å²) in [6, 6.07) is 8.68. The molecule has 1 aliphatic rings. The Labute approximate surface area is 147 Å². The number of rotatable bonds is 4. The zero-order valence-corrected chi connectivity index (χ0v) is 13.5. The molecule has 4 rings (SSSR count). The molecule has 0 saturated heterocycles. The molecular weight excluding hydrogens is 338 g/mol. The van der Waals surface area contributed by atoms with Crippen molar-refractivity contribution >= 4 is 28.9 Å². The van der Waals surface area contributed by atoms with E-state index < -0.39 is 11.6 Å². The van der Waals surface area contributed by atoms with Gasteiger partial charge in [0.15, 0.2) is 0 Å². The van der Waals surface area contributed by atoms with Crippen molar-refractivity contribution < 1.29 is 13.6 Å². The third-order valence-corrected chi connectivity index (χ3v) is 4.11. The van der Waals surface area contributed by atoms with Crippen molar-refractivity contribution in [1.29, 1.82) is 0 Å². The number of benzene rings is 2. The van der Waals surface area contributed by atoms with Gasteiger partial charge in [-0.1, -0.05) is 0 Å². The van der Waals surface area contributed by atoms with Crippen molar-refractivity contribution in [3.05, 3.63) is 77.4 Å². The van der Waals surface area contributed by atoms with Crippen LogP contribution < -0.4 is 10.6 Å². The standard InChI is InChI=1S/C19H14F2N4O/c20-12-1-3-17(21)11(5-12)8-23-13-2-4-18-15(6-13)16(19(26)25-18)7-14-9-22-10-24-14/h1-7,9-10,23H,8H2,(H,22,24)(H,25,26)/b16-7-. The molecule has 5 nitrogen and oxygen atoms in total. The van der Waals surface area contributed by atoms with Gasteiger partial charge in [-0.25, -0.2) is 13.8 Å². The molecule has 0 bridgehead atoms. The van der Waals surface area contributed by atoms with Gasteiger partial charge in [-0.15, -0.1) is 0 Å². The lowest BCUT2D eigenvalue weighted by molar-refractivity contribution is -0.110. The average Bonchev–Trinajstić information content (AvgIpc) is 3.24. The van der Waals surface area contributed by atoms with Crippen LogP contribution in [0.3, 0.4) is 0 Å². The Balaban J connectivity index is 1.60. The number of anilines is 2. The van der Waals surface area contributed by atoms with E-state index in [2.05, 4.69) is 20.6 Å². The molecular formula is C19H14F2N4O. The van der Waals surface area contributed by atoms with E-state index in [0.717, 1.165) is 23.8 Å². The highest BCUT2D eigenvalue weighted by molar-refractivity contribution is 6.35. The average molecular weight is 352 g/mol. The van der Waals surface area contributed by atoms with Crippen LogP contribution in [0.25, 0.3) is 11.6 Å². The number of nitrogens with zero attached hydrogens (tertiary/aromatic N) is 1. The number of hydrogen-bond acceptors (Lipinski definition) is 3. The van der Waals surface area contributed by atoms with Crippen LogP contribution in [0, 0.1) is 11.6 Å². The first-order valence-corrected chi connectivity index (χ1v) is 7.94. The number of aromatic amines is 1. The Morgan fingerprint density at radius 3 is 2.85 bits per heavy atom. The second-order valence-electron chi connectivity index (χ2n) is 5.87. The van der Waals surface area contributed by atoms with E-state index in [-0.39, 0.29) is 18.0 Å². The van der Waals surface area contributed by atoms with Gasteiger partial charge in [0, 0.05) is 29.0 Å². The first-order valence-electron chi connectivity index (χ1n) is 7.94. The Morgan fingerprint density at radius 1 is 1.15 bits per heavy atom. The molecule has 0 unspecified atom stereocenters. The molecule has 0 aliphatic carbocycles. The molecule has 26 heavy (non-hydrogen) atoms. The SMILES string of the molecule is O=C1Nc2ccc(NCc3cc(F)ccc3F)cc2/C1=C/c1cnc[nH]1. The van der Waals surface area contributed by atoms with E-state index in [1.54, 1.807) is 30.5 Å². The van der Waals surface area contributed by atoms with E-state index in [1.807, 2.05) is 0 Å². The van der Waals surface area contributed by atoms with E-state index >= 15 is 0 Å². The molecule has 2 aromatic carbocycles. The zero-order chi connectivity index (χ0) is 18.1. The number of nitrogens with one attached hydrogen (secondary N) is 3. The van der Waals surface area contributed by atoms with Crippen LogP contribution in [0.5, 0.6) is 0 Å². The maximum absolute atomic E-state index is 13.7.